The summed E-state index contributed by atoms with van der Waals surface area (Å²) in [7, 11) is 1.46. The Labute approximate surface area is 108 Å². The van der Waals surface area contributed by atoms with E-state index in [9.17, 15) is 19.3 Å². The highest BCUT2D eigenvalue weighted by atomic mass is 19.1. The van der Waals surface area contributed by atoms with Gasteiger partial charge in [-0.2, -0.15) is 0 Å². The number of ether oxygens (including phenoxy) is 1. The molecule has 7 nitrogen and oxygen atoms in total. The molecule has 0 aliphatic carbocycles. The number of nitro groups is 1. The van der Waals surface area contributed by atoms with Gasteiger partial charge >= 0.3 is 11.7 Å². The van der Waals surface area contributed by atoms with Crippen LogP contribution in [0, 0.1) is 15.9 Å². The van der Waals surface area contributed by atoms with Gasteiger partial charge in [0.25, 0.3) is 0 Å². The summed E-state index contributed by atoms with van der Waals surface area (Å²) in [6.45, 7) is -0.153. The van der Waals surface area contributed by atoms with Crippen LogP contribution in [-0.2, 0) is 4.79 Å². The molecule has 0 aromatic heterocycles. The van der Waals surface area contributed by atoms with Crippen molar-refractivity contribution in [3.8, 4) is 5.75 Å². The summed E-state index contributed by atoms with van der Waals surface area (Å²) in [5.41, 5.74) is -0.490. The number of carboxylic acids is 1. The lowest BCUT2D eigenvalue weighted by molar-refractivity contribution is -0.386. The fraction of sp³-hybridized carbons (Fsp3) is 0.364. The highest BCUT2D eigenvalue weighted by Crippen LogP contribution is 2.29. The lowest BCUT2D eigenvalue weighted by Crippen LogP contribution is -2.35. The van der Waals surface area contributed by atoms with Gasteiger partial charge in [0, 0.05) is 12.5 Å². The van der Waals surface area contributed by atoms with Gasteiger partial charge < -0.3 is 15.2 Å². The smallest absolute Gasteiger partial charge is 0.320 e. The highest BCUT2D eigenvalue weighted by Gasteiger charge is 2.20. The molecule has 0 radical (unpaired) electrons. The van der Waals surface area contributed by atoms with E-state index in [2.05, 4.69) is 5.32 Å². The predicted molar refractivity (Wildman–Crippen MR) is 63.6 cm³/mol. The van der Waals surface area contributed by atoms with E-state index in [4.69, 9.17) is 9.84 Å². The van der Waals surface area contributed by atoms with E-state index in [0.717, 1.165) is 12.1 Å². The van der Waals surface area contributed by atoms with E-state index in [0.29, 0.717) is 0 Å². The maximum Gasteiger partial charge on any atom is 0.320 e. The zero-order valence-electron chi connectivity index (χ0n) is 10.1. The molecule has 8 heteroatoms. The monoisotopic (exact) mass is 272 g/mol. The highest BCUT2D eigenvalue weighted by molar-refractivity contribution is 5.73. The Kier molecular flexibility index (Phi) is 5.19. The first-order chi connectivity index (χ1) is 8.97. The summed E-state index contributed by atoms with van der Waals surface area (Å²) >= 11 is 0. The zero-order chi connectivity index (χ0) is 14.4. The van der Waals surface area contributed by atoms with Crippen LogP contribution in [-0.4, -0.2) is 35.7 Å². The molecule has 1 aromatic rings. The Morgan fingerprint density at radius 3 is 2.84 bits per heavy atom. The van der Waals surface area contributed by atoms with Crippen LogP contribution in [0.25, 0.3) is 0 Å². The van der Waals surface area contributed by atoms with Gasteiger partial charge in [0.15, 0.2) is 5.82 Å². The van der Waals surface area contributed by atoms with Crippen LogP contribution in [0.3, 0.4) is 0 Å². The minimum absolute atomic E-state index is 0.0529. The second-order valence-corrected chi connectivity index (χ2v) is 3.66. The third kappa shape index (κ3) is 3.88. The molecule has 1 rings (SSSR count). The van der Waals surface area contributed by atoms with Crippen molar-refractivity contribution in [2.45, 2.75) is 12.5 Å². The number of hydrogen-bond acceptors (Lipinski definition) is 5. The molecule has 0 aliphatic rings. The molecule has 2 N–H and O–H groups in total. The Morgan fingerprint density at radius 2 is 2.32 bits per heavy atom. The van der Waals surface area contributed by atoms with Crippen LogP contribution >= 0.6 is 0 Å². The van der Waals surface area contributed by atoms with Crippen LogP contribution in [0.5, 0.6) is 5.75 Å². The van der Waals surface area contributed by atoms with Crippen molar-refractivity contribution in [3.05, 3.63) is 34.1 Å². The number of benzene rings is 1. The number of carboxylic acid groups (broad SMARTS) is 1. The number of para-hydroxylation sites is 1. The van der Waals surface area contributed by atoms with Crippen molar-refractivity contribution in [1.29, 1.82) is 0 Å². The molecule has 0 saturated carbocycles. The van der Waals surface area contributed by atoms with Crippen molar-refractivity contribution < 1.29 is 24.0 Å². The number of nitrogens with one attached hydrogen (secondary N) is 1. The molecule has 0 amide bonds. The number of nitrogens with zero attached hydrogens (tertiary/aromatic N) is 1. The van der Waals surface area contributed by atoms with Crippen molar-refractivity contribution in [2.75, 3.05) is 13.7 Å². The number of nitro benzene ring substituents is 1. The Morgan fingerprint density at radius 1 is 1.63 bits per heavy atom. The van der Waals surface area contributed by atoms with Crippen LogP contribution in [0.2, 0.25) is 0 Å². The molecule has 1 aromatic carbocycles. The van der Waals surface area contributed by atoms with E-state index in [1.54, 1.807) is 0 Å². The average molecular weight is 272 g/mol. The first-order valence-electron chi connectivity index (χ1n) is 5.43. The van der Waals surface area contributed by atoms with Crippen molar-refractivity contribution >= 4 is 11.7 Å². The van der Waals surface area contributed by atoms with E-state index in [1.165, 1.54) is 13.1 Å². The Bertz CT molecular complexity index is 480. The molecular weight excluding hydrogens is 259 g/mol. The number of hydrogen-bond donors (Lipinski definition) is 2. The molecule has 0 fully saturated rings. The van der Waals surface area contributed by atoms with Gasteiger partial charge in [-0.15, -0.1) is 0 Å². The second kappa shape index (κ2) is 6.64. The fourth-order valence-corrected chi connectivity index (χ4v) is 1.45. The molecule has 1 atom stereocenters. The van der Waals surface area contributed by atoms with Crippen LogP contribution in [0.15, 0.2) is 18.2 Å². The van der Waals surface area contributed by atoms with Gasteiger partial charge in [-0.05, 0) is 13.1 Å². The lowest BCUT2D eigenvalue weighted by atomic mass is 10.2. The fourth-order valence-electron chi connectivity index (χ4n) is 1.45. The van der Waals surface area contributed by atoms with Crippen LogP contribution < -0.4 is 10.1 Å². The van der Waals surface area contributed by atoms with Gasteiger partial charge in [-0.3, -0.25) is 14.9 Å². The van der Waals surface area contributed by atoms with Gasteiger partial charge in [-0.25, -0.2) is 4.39 Å². The van der Waals surface area contributed by atoms with Gasteiger partial charge in [-0.1, -0.05) is 6.07 Å². The molecule has 1 unspecified atom stereocenters. The van der Waals surface area contributed by atoms with Crippen molar-refractivity contribution in [3.63, 3.8) is 0 Å². The SMILES string of the molecule is CNC(CCOc1c(F)cccc1[N+](=O)[O-])C(=O)O. The van der Waals surface area contributed by atoms with E-state index >= 15 is 0 Å². The molecule has 0 heterocycles. The van der Waals surface area contributed by atoms with Crippen molar-refractivity contribution in [2.24, 2.45) is 0 Å². The summed E-state index contributed by atoms with van der Waals surface area (Å²) in [4.78, 5) is 20.6. The summed E-state index contributed by atoms with van der Waals surface area (Å²) in [5.74, 6) is -2.41. The third-order valence-corrected chi connectivity index (χ3v) is 2.44. The predicted octanol–water partition coefficient (Wildman–Crippen LogP) is 1.18. The minimum atomic E-state index is -1.07. The number of rotatable bonds is 7. The average Bonchev–Trinajstić information content (AvgIpc) is 2.35. The lowest BCUT2D eigenvalue weighted by Gasteiger charge is -2.12. The van der Waals surface area contributed by atoms with Crippen molar-refractivity contribution in [1.82, 2.24) is 5.32 Å². The van der Waals surface area contributed by atoms with Crippen LogP contribution in [0.4, 0.5) is 10.1 Å². The normalized spacial score (nSPS) is 11.9. The number of likely N-dealkylation sites (N-methyl/N-ethyl adjacent to an activating group) is 1. The van der Waals surface area contributed by atoms with E-state index < -0.39 is 34.2 Å². The summed E-state index contributed by atoms with van der Waals surface area (Å²) < 4.78 is 18.4. The van der Waals surface area contributed by atoms with Gasteiger partial charge in [0.1, 0.15) is 6.04 Å². The molecule has 0 bridgehead atoms. The molecule has 0 saturated heterocycles. The standard InChI is InChI=1S/C11H13FN2O5/c1-13-8(11(15)16)5-6-19-10-7(12)3-2-4-9(10)14(17)18/h2-4,8,13H,5-6H2,1H3,(H,15,16). The van der Waals surface area contributed by atoms with E-state index in [1.807, 2.05) is 0 Å². The molecule has 0 spiro atoms. The summed E-state index contributed by atoms with van der Waals surface area (Å²) in [5, 5.41) is 22.0. The zero-order valence-corrected chi connectivity index (χ0v) is 10.1. The first-order valence-corrected chi connectivity index (χ1v) is 5.43. The number of halogens is 1. The summed E-state index contributed by atoms with van der Waals surface area (Å²) in [6.07, 6.45) is 0.0529. The maximum absolute atomic E-state index is 13.4. The first kappa shape index (κ1) is 14.8. The van der Waals surface area contributed by atoms with Gasteiger partial charge in [0.05, 0.1) is 11.5 Å². The third-order valence-electron chi connectivity index (χ3n) is 2.44. The second-order valence-electron chi connectivity index (χ2n) is 3.66. The topological polar surface area (TPSA) is 102 Å². The Balaban J connectivity index is 2.72. The molecule has 19 heavy (non-hydrogen) atoms. The molecular formula is C11H13FN2O5. The minimum Gasteiger partial charge on any atom is -0.485 e. The number of aliphatic carboxylic acids is 1. The Hall–Kier alpha value is -2.22. The van der Waals surface area contributed by atoms with E-state index in [-0.39, 0.29) is 13.0 Å². The molecule has 104 valence electrons. The number of carbonyl (C=O) groups is 1. The van der Waals surface area contributed by atoms with Gasteiger partial charge in [0.2, 0.25) is 5.75 Å². The maximum atomic E-state index is 13.4. The largest absolute Gasteiger partial charge is 0.485 e. The quantitative estimate of drug-likeness (QED) is 0.570. The summed E-state index contributed by atoms with van der Waals surface area (Å²) in [6, 6.07) is 2.50. The van der Waals surface area contributed by atoms with Crippen LogP contribution in [0.1, 0.15) is 6.42 Å². The molecule has 0 aliphatic heterocycles.